The van der Waals surface area contributed by atoms with Crippen LogP contribution in [0.1, 0.15) is 56.2 Å². The normalized spacial score (nSPS) is 25.2. The van der Waals surface area contributed by atoms with Crippen LogP contribution in [0.2, 0.25) is 5.02 Å². The monoisotopic (exact) mass is 492 g/mol. The van der Waals surface area contributed by atoms with Gasteiger partial charge in [-0.15, -0.1) is 13.2 Å². The molecule has 0 aliphatic heterocycles. The highest BCUT2D eigenvalue weighted by Crippen LogP contribution is 2.41. The minimum atomic E-state index is -4.58. The van der Waals surface area contributed by atoms with Gasteiger partial charge in [-0.25, -0.2) is 9.97 Å². The van der Waals surface area contributed by atoms with E-state index in [-0.39, 0.29) is 23.8 Å². The highest BCUT2D eigenvalue weighted by molar-refractivity contribution is 6.31. The number of amides is 1. The number of imidazole rings is 1. The summed E-state index contributed by atoms with van der Waals surface area (Å²) in [6.07, 6.45) is 2.16. The molecule has 2 saturated carbocycles. The third kappa shape index (κ3) is 5.20. The van der Waals surface area contributed by atoms with E-state index < -0.39 is 12.5 Å². The van der Waals surface area contributed by atoms with Crippen LogP contribution in [-0.2, 0) is 9.53 Å². The summed E-state index contributed by atoms with van der Waals surface area (Å²) in [5.41, 5.74) is 1.58. The molecule has 3 aromatic rings. The van der Waals surface area contributed by atoms with E-state index in [1.54, 1.807) is 18.5 Å². The molecule has 0 radical (unpaired) electrons. The average molecular weight is 493 g/mol. The lowest BCUT2D eigenvalue weighted by molar-refractivity contribution is -0.351. The van der Waals surface area contributed by atoms with Crippen molar-refractivity contribution < 1.29 is 22.7 Å². The molecule has 0 atom stereocenters. The first-order chi connectivity index (χ1) is 16.2. The summed E-state index contributed by atoms with van der Waals surface area (Å²) in [7, 11) is 0. The van der Waals surface area contributed by atoms with Gasteiger partial charge in [0.05, 0.1) is 23.6 Å². The molecule has 0 unspecified atom stereocenters. The molecular formula is C24H24ClF3N4O2. The van der Waals surface area contributed by atoms with Crippen LogP contribution in [0.5, 0.6) is 0 Å². The summed E-state index contributed by atoms with van der Waals surface area (Å²) in [6, 6.07) is 9.32. The molecule has 2 aromatic heterocycles. The van der Waals surface area contributed by atoms with Crippen LogP contribution in [0.25, 0.3) is 10.9 Å². The van der Waals surface area contributed by atoms with Gasteiger partial charge in [-0.05, 0) is 68.9 Å². The van der Waals surface area contributed by atoms with E-state index >= 15 is 0 Å². The Morgan fingerprint density at radius 1 is 1.12 bits per heavy atom. The molecule has 180 valence electrons. The van der Waals surface area contributed by atoms with E-state index in [2.05, 4.69) is 20.0 Å². The Morgan fingerprint density at radius 2 is 1.88 bits per heavy atom. The molecular weight excluding hydrogens is 469 g/mol. The molecule has 6 nitrogen and oxygen atoms in total. The molecule has 0 bridgehead atoms. The van der Waals surface area contributed by atoms with Gasteiger partial charge >= 0.3 is 6.36 Å². The second-order valence-corrected chi connectivity index (χ2v) is 9.56. The number of nitrogens with zero attached hydrogens (tertiary/aromatic N) is 3. The molecule has 5 rings (SSSR count). The Morgan fingerprint density at radius 3 is 2.62 bits per heavy atom. The highest BCUT2D eigenvalue weighted by atomic mass is 35.5. The van der Waals surface area contributed by atoms with Gasteiger partial charge in [0.15, 0.2) is 0 Å². The zero-order valence-corrected chi connectivity index (χ0v) is 19.0. The number of nitrogens with one attached hydrogen (secondary N) is 1. The average Bonchev–Trinajstić information content (AvgIpc) is 3.25. The van der Waals surface area contributed by atoms with Crippen molar-refractivity contribution in [3.05, 3.63) is 53.6 Å². The topological polar surface area (TPSA) is 69.0 Å². The second kappa shape index (κ2) is 9.19. The van der Waals surface area contributed by atoms with E-state index in [1.807, 2.05) is 29.0 Å². The third-order valence-electron chi connectivity index (χ3n) is 6.83. The van der Waals surface area contributed by atoms with Gasteiger partial charge < -0.3 is 9.88 Å². The quantitative estimate of drug-likeness (QED) is 0.458. The van der Waals surface area contributed by atoms with Crippen molar-refractivity contribution in [1.29, 1.82) is 0 Å². The number of ether oxygens (including phenoxy) is 1. The maximum atomic E-state index is 12.8. The van der Waals surface area contributed by atoms with Crippen molar-refractivity contribution in [3.8, 4) is 0 Å². The fraction of sp³-hybridized carbons (Fsp3) is 0.458. The van der Waals surface area contributed by atoms with Crippen LogP contribution in [0.15, 0.2) is 42.9 Å². The predicted molar refractivity (Wildman–Crippen MR) is 122 cm³/mol. The number of halogens is 4. The van der Waals surface area contributed by atoms with Crippen molar-refractivity contribution >= 4 is 34.2 Å². The first-order valence-corrected chi connectivity index (χ1v) is 11.8. The summed E-state index contributed by atoms with van der Waals surface area (Å²) < 4.78 is 43.0. The zero-order valence-electron chi connectivity index (χ0n) is 18.3. The van der Waals surface area contributed by atoms with Crippen LogP contribution in [0, 0.1) is 5.92 Å². The summed E-state index contributed by atoms with van der Waals surface area (Å²) in [4.78, 5) is 21.7. The number of carbonyl (C=O) groups excluding carboxylic acids is 1. The van der Waals surface area contributed by atoms with Crippen LogP contribution < -0.4 is 5.32 Å². The number of pyridine rings is 1. The molecule has 2 aliphatic carbocycles. The molecule has 0 saturated heterocycles. The van der Waals surface area contributed by atoms with E-state index in [0.29, 0.717) is 23.7 Å². The summed E-state index contributed by atoms with van der Waals surface area (Å²) >= 11 is 6.01. The summed E-state index contributed by atoms with van der Waals surface area (Å²) in [6.45, 7) is 0. The van der Waals surface area contributed by atoms with Crippen molar-refractivity contribution in [1.82, 2.24) is 14.5 Å². The van der Waals surface area contributed by atoms with Gasteiger partial charge in [-0.1, -0.05) is 11.6 Å². The number of benzene rings is 1. The van der Waals surface area contributed by atoms with Crippen LogP contribution >= 0.6 is 11.6 Å². The first-order valence-electron chi connectivity index (χ1n) is 11.4. The fourth-order valence-corrected chi connectivity index (χ4v) is 5.07. The molecule has 1 amide bonds. The van der Waals surface area contributed by atoms with Crippen molar-refractivity contribution in [2.45, 2.75) is 63.0 Å². The van der Waals surface area contributed by atoms with Crippen LogP contribution in [0.4, 0.5) is 19.0 Å². The lowest BCUT2D eigenvalue weighted by atomic mass is 9.80. The zero-order chi connectivity index (χ0) is 23.9. The Hall–Kier alpha value is -2.65. The van der Waals surface area contributed by atoms with Crippen LogP contribution in [0.3, 0.4) is 0 Å². The van der Waals surface area contributed by atoms with Gasteiger partial charge in [0.1, 0.15) is 5.82 Å². The number of hydrogen-bond donors (Lipinski definition) is 1. The molecule has 1 N–H and O–H groups in total. The molecule has 10 heteroatoms. The van der Waals surface area contributed by atoms with Gasteiger partial charge in [0.2, 0.25) is 5.91 Å². The van der Waals surface area contributed by atoms with Crippen molar-refractivity contribution in [2.75, 3.05) is 5.32 Å². The minimum Gasteiger partial charge on any atom is -0.334 e. The van der Waals surface area contributed by atoms with Crippen LogP contribution in [-0.4, -0.2) is 32.9 Å². The Kier molecular flexibility index (Phi) is 6.24. The minimum absolute atomic E-state index is 0.00111. The number of fused-ring (bicyclic) bond motifs is 1. The van der Waals surface area contributed by atoms with Gasteiger partial charge in [-0.2, -0.15) is 0 Å². The number of rotatable bonds is 5. The maximum Gasteiger partial charge on any atom is 0.522 e. The second-order valence-electron chi connectivity index (χ2n) is 9.13. The standard InChI is InChI=1S/C24H24ClF3N4O2/c25-17-4-7-20-15(9-17)3-8-22(30-20)31-23(33)14-1-5-18(6-2-14)32-12-21(29-13-32)16-10-19(11-16)34-24(26,27)28/h3-4,7-9,12-14,16,18-19H,1-2,5-6,10-11H2,(H,30,31,33). The maximum absolute atomic E-state index is 12.8. The predicted octanol–water partition coefficient (Wildman–Crippen LogP) is 6.24. The number of anilines is 1. The molecule has 0 spiro atoms. The molecule has 2 aliphatic rings. The van der Waals surface area contributed by atoms with E-state index in [4.69, 9.17) is 11.6 Å². The highest BCUT2D eigenvalue weighted by Gasteiger charge is 2.41. The largest absolute Gasteiger partial charge is 0.522 e. The third-order valence-corrected chi connectivity index (χ3v) is 7.06. The Bertz CT molecular complexity index is 1180. The SMILES string of the molecule is O=C(Nc1ccc2cc(Cl)ccc2n1)C1CCC(n2cnc(C3CC(OC(F)(F)F)C3)c2)CC1. The number of alkyl halides is 3. The first kappa shape index (κ1) is 23.1. The Balaban J connectivity index is 1.12. The summed E-state index contributed by atoms with van der Waals surface area (Å²) in [5, 5.41) is 4.49. The molecule has 34 heavy (non-hydrogen) atoms. The molecule has 2 heterocycles. The fourth-order valence-electron chi connectivity index (χ4n) is 4.89. The van der Waals surface area contributed by atoms with Gasteiger partial charge in [0, 0.05) is 34.5 Å². The van der Waals surface area contributed by atoms with Crippen molar-refractivity contribution in [3.63, 3.8) is 0 Å². The lowest BCUT2D eigenvalue weighted by Gasteiger charge is -2.34. The van der Waals surface area contributed by atoms with E-state index in [1.165, 1.54) is 0 Å². The lowest BCUT2D eigenvalue weighted by Crippen LogP contribution is -2.34. The molecule has 1 aromatic carbocycles. The Labute approximate surface area is 199 Å². The smallest absolute Gasteiger partial charge is 0.334 e. The van der Waals surface area contributed by atoms with Crippen molar-refractivity contribution in [2.24, 2.45) is 5.92 Å². The number of hydrogen-bond acceptors (Lipinski definition) is 4. The molecule has 2 fully saturated rings. The van der Waals surface area contributed by atoms with E-state index in [9.17, 15) is 18.0 Å². The summed E-state index contributed by atoms with van der Waals surface area (Å²) in [5.74, 6) is 0.403. The van der Waals surface area contributed by atoms with Gasteiger partial charge in [-0.3, -0.25) is 9.53 Å². The number of carbonyl (C=O) groups is 1. The number of aromatic nitrogens is 3. The van der Waals surface area contributed by atoms with E-state index in [0.717, 1.165) is 42.3 Å². The van der Waals surface area contributed by atoms with Gasteiger partial charge in [0.25, 0.3) is 0 Å².